The fourth-order valence-corrected chi connectivity index (χ4v) is 2.34. The number of carbonyl (C=O) groups excluding carboxylic acids is 1. The molecule has 0 fully saturated rings. The third kappa shape index (κ3) is 3.60. The zero-order valence-corrected chi connectivity index (χ0v) is 13.4. The fraction of sp³-hybridized carbons (Fsp3) is 0.167. The van der Waals surface area contributed by atoms with Crippen LogP contribution in [0.3, 0.4) is 0 Å². The number of benzene rings is 2. The van der Waals surface area contributed by atoms with E-state index in [1.807, 2.05) is 36.4 Å². The number of amides is 1. The zero-order chi connectivity index (χ0) is 16.9. The summed E-state index contributed by atoms with van der Waals surface area (Å²) in [4.78, 5) is 12.2. The van der Waals surface area contributed by atoms with Crippen molar-refractivity contribution in [2.75, 3.05) is 12.4 Å². The average Bonchev–Trinajstić information content (AvgIpc) is 3.02. The maximum absolute atomic E-state index is 12.2. The highest BCUT2D eigenvalue weighted by atomic mass is 16.5. The molecule has 122 valence electrons. The molecular formula is C18H17N3O3. The SMILES string of the molecule is COc1ccccc1CC(=O)Nc1ccc(-c2nnc(C)o2)cc1. The number of anilines is 1. The minimum Gasteiger partial charge on any atom is -0.496 e. The van der Waals surface area contributed by atoms with Crippen LogP contribution in [0.2, 0.25) is 0 Å². The molecule has 6 nitrogen and oxygen atoms in total. The average molecular weight is 323 g/mol. The summed E-state index contributed by atoms with van der Waals surface area (Å²) in [6.07, 6.45) is 0.245. The molecule has 0 saturated heterocycles. The molecule has 2 aromatic carbocycles. The van der Waals surface area contributed by atoms with E-state index in [9.17, 15) is 4.79 Å². The second-order valence-electron chi connectivity index (χ2n) is 5.24. The van der Waals surface area contributed by atoms with Crippen LogP contribution < -0.4 is 10.1 Å². The monoisotopic (exact) mass is 323 g/mol. The van der Waals surface area contributed by atoms with Crippen molar-refractivity contribution in [1.82, 2.24) is 10.2 Å². The number of para-hydroxylation sites is 1. The minimum absolute atomic E-state index is 0.110. The smallest absolute Gasteiger partial charge is 0.247 e. The first-order valence-electron chi connectivity index (χ1n) is 7.48. The summed E-state index contributed by atoms with van der Waals surface area (Å²) in [7, 11) is 1.59. The van der Waals surface area contributed by atoms with E-state index in [1.54, 1.807) is 26.2 Å². The lowest BCUT2D eigenvalue weighted by Gasteiger charge is -2.09. The van der Waals surface area contributed by atoms with Crippen LogP contribution in [0.1, 0.15) is 11.5 Å². The van der Waals surface area contributed by atoms with Crippen LogP contribution in [-0.4, -0.2) is 23.2 Å². The summed E-state index contributed by atoms with van der Waals surface area (Å²) < 4.78 is 10.6. The summed E-state index contributed by atoms with van der Waals surface area (Å²) >= 11 is 0. The lowest BCUT2D eigenvalue weighted by molar-refractivity contribution is -0.115. The van der Waals surface area contributed by atoms with Gasteiger partial charge in [-0.15, -0.1) is 10.2 Å². The number of carbonyl (C=O) groups is 1. The lowest BCUT2D eigenvalue weighted by Crippen LogP contribution is -2.14. The molecule has 0 unspecified atom stereocenters. The van der Waals surface area contributed by atoms with Crippen molar-refractivity contribution in [3.63, 3.8) is 0 Å². The van der Waals surface area contributed by atoms with Gasteiger partial charge in [0.05, 0.1) is 13.5 Å². The van der Waals surface area contributed by atoms with Crippen LogP contribution in [0.25, 0.3) is 11.5 Å². The highest BCUT2D eigenvalue weighted by Gasteiger charge is 2.10. The maximum Gasteiger partial charge on any atom is 0.247 e. The van der Waals surface area contributed by atoms with E-state index in [0.29, 0.717) is 23.2 Å². The van der Waals surface area contributed by atoms with Gasteiger partial charge in [-0.1, -0.05) is 18.2 Å². The quantitative estimate of drug-likeness (QED) is 0.780. The molecular weight excluding hydrogens is 306 g/mol. The van der Waals surface area contributed by atoms with Crippen LogP contribution in [0.15, 0.2) is 52.9 Å². The Kier molecular flexibility index (Phi) is 4.56. The van der Waals surface area contributed by atoms with Gasteiger partial charge in [-0.2, -0.15) is 0 Å². The van der Waals surface area contributed by atoms with E-state index in [1.165, 1.54) is 0 Å². The van der Waals surface area contributed by atoms with E-state index in [4.69, 9.17) is 9.15 Å². The normalized spacial score (nSPS) is 10.4. The van der Waals surface area contributed by atoms with Crippen molar-refractivity contribution in [3.05, 3.63) is 60.0 Å². The Labute approximate surface area is 139 Å². The summed E-state index contributed by atoms with van der Waals surface area (Å²) in [5.41, 5.74) is 2.35. The van der Waals surface area contributed by atoms with Crippen molar-refractivity contribution in [2.45, 2.75) is 13.3 Å². The number of hydrogen-bond acceptors (Lipinski definition) is 5. The van der Waals surface area contributed by atoms with Gasteiger partial charge in [-0.25, -0.2) is 0 Å². The minimum atomic E-state index is -0.110. The topological polar surface area (TPSA) is 77.2 Å². The predicted octanol–water partition coefficient (Wildman–Crippen LogP) is 3.23. The molecule has 0 aliphatic carbocycles. The first-order chi connectivity index (χ1) is 11.7. The number of rotatable bonds is 5. The molecule has 1 aromatic heterocycles. The molecule has 1 heterocycles. The number of nitrogens with zero attached hydrogens (tertiary/aromatic N) is 2. The highest BCUT2D eigenvalue weighted by Crippen LogP contribution is 2.21. The Morgan fingerprint density at radius 1 is 1.12 bits per heavy atom. The molecule has 24 heavy (non-hydrogen) atoms. The van der Waals surface area contributed by atoms with E-state index < -0.39 is 0 Å². The molecule has 0 aliphatic rings. The van der Waals surface area contributed by atoms with Gasteiger partial charge in [0.25, 0.3) is 0 Å². The number of aryl methyl sites for hydroxylation is 1. The fourth-order valence-electron chi connectivity index (χ4n) is 2.34. The van der Waals surface area contributed by atoms with E-state index in [2.05, 4.69) is 15.5 Å². The molecule has 1 N–H and O–H groups in total. The van der Waals surface area contributed by atoms with Gasteiger partial charge in [0.15, 0.2) is 0 Å². The number of aromatic nitrogens is 2. The summed E-state index contributed by atoms with van der Waals surface area (Å²) in [6.45, 7) is 1.74. The van der Waals surface area contributed by atoms with Gasteiger partial charge in [0, 0.05) is 23.7 Å². The Hall–Kier alpha value is -3.15. The van der Waals surface area contributed by atoms with Gasteiger partial charge in [-0.05, 0) is 30.3 Å². The van der Waals surface area contributed by atoms with Gasteiger partial charge < -0.3 is 14.5 Å². The van der Waals surface area contributed by atoms with Crippen LogP contribution in [0.4, 0.5) is 5.69 Å². The second kappa shape index (κ2) is 6.95. The predicted molar refractivity (Wildman–Crippen MR) is 89.8 cm³/mol. The summed E-state index contributed by atoms with van der Waals surface area (Å²) in [5.74, 6) is 1.56. The number of hydrogen-bond donors (Lipinski definition) is 1. The first-order valence-corrected chi connectivity index (χ1v) is 7.48. The van der Waals surface area contributed by atoms with Crippen molar-refractivity contribution in [1.29, 1.82) is 0 Å². The lowest BCUT2D eigenvalue weighted by atomic mass is 10.1. The van der Waals surface area contributed by atoms with Crippen molar-refractivity contribution in [3.8, 4) is 17.2 Å². The Balaban J connectivity index is 1.66. The number of methoxy groups -OCH3 is 1. The summed E-state index contributed by atoms with van der Waals surface area (Å²) in [5, 5.41) is 10.6. The van der Waals surface area contributed by atoms with Crippen molar-refractivity contribution < 1.29 is 13.9 Å². The third-order valence-corrected chi connectivity index (χ3v) is 3.49. The van der Waals surface area contributed by atoms with Crippen molar-refractivity contribution in [2.24, 2.45) is 0 Å². The van der Waals surface area contributed by atoms with Crippen molar-refractivity contribution >= 4 is 11.6 Å². The maximum atomic E-state index is 12.2. The van der Waals surface area contributed by atoms with Crippen LogP contribution >= 0.6 is 0 Å². The molecule has 3 aromatic rings. The van der Waals surface area contributed by atoms with Crippen LogP contribution in [-0.2, 0) is 11.2 Å². The standard InChI is InChI=1S/C18H17N3O3/c1-12-20-21-18(24-12)13-7-9-15(10-8-13)19-17(22)11-14-5-3-4-6-16(14)23-2/h3-10H,11H2,1-2H3,(H,19,22). The van der Waals surface area contributed by atoms with Gasteiger partial charge in [-0.3, -0.25) is 4.79 Å². The Morgan fingerprint density at radius 2 is 1.88 bits per heavy atom. The molecule has 0 bridgehead atoms. The van der Waals surface area contributed by atoms with E-state index in [-0.39, 0.29) is 12.3 Å². The molecule has 0 radical (unpaired) electrons. The van der Waals surface area contributed by atoms with Crippen LogP contribution in [0, 0.1) is 6.92 Å². The highest BCUT2D eigenvalue weighted by molar-refractivity contribution is 5.92. The van der Waals surface area contributed by atoms with Gasteiger partial charge >= 0.3 is 0 Å². The molecule has 0 aliphatic heterocycles. The van der Waals surface area contributed by atoms with E-state index >= 15 is 0 Å². The largest absolute Gasteiger partial charge is 0.496 e. The van der Waals surface area contributed by atoms with Gasteiger partial charge in [0.2, 0.25) is 17.7 Å². The summed E-state index contributed by atoms with van der Waals surface area (Å²) in [6, 6.07) is 14.7. The van der Waals surface area contributed by atoms with E-state index in [0.717, 1.165) is 11.1 Å². The van der Waals surface area contributed by atoms with Gasteiger partial charge in [0.1, 0.15) is 5.75 Å². The van der Waals surface area contributed by atoms with Crippen LogP contribution in [0.5, 0.6) is 5.75 Å². The molecule has 6 heteroatoms. The first kappa shape index (κ1) is 15.7. The number of ether oxygens (including phenoxy) is 1. The Morgan fingerprint density at radius 3 is 2.54 bits per heavy atom. The molecule has 0 atom stereocenters. The Bertz CT molecular complexity index is 841. The molecule has 3 rings (SSSR count). The zero-order valence-electron chi connectivity index (χ0n) is 13.4. The second-order valence-corrected chi connectivity index (χ2v) is 5.24. The molecule has 0 spiro atoms. The molecule has 1 amide bonds. The molecule has 0 saturated carbocycles. The third-order valence-electron chi connectivity index (χ3n) is 3.49. The number of nitrogens with one attached hydrogen (secondary N) is 1.